The quantitative estimate of drug-likeness (QED) is 0.572. The van der Waals surface area contributed by atoms with E-state index in [1.54, 1.807) is 36.2 Å². The minimum absolute atomic E-state index is 0.0624. The molecule has 0 bridgehead atoms. The average molecular weight is 262 g/mol. The Morgan fingerprint density at radius 2 is 1.89 bits per heavy atom. The van der Waals surface area contributed by atoms with E-state index >= 15 is 0 Å². The number of unbranched alkanes of at least 4 members (excludes halogenated alkanes) is 1. The number of nitrogens with zero attached hydrogens (tertiary/aromatic N) is 1. The molecule has 0 aliphatic heterocycles. The highest BCUT2D eigenvalue weighted by molar-refractivity contribution is 5.91. The normalized spacial score (nSPS) is 9.74. The van der Waals surface area contributed by atoms with Gasteiger partial charge in [0.05, 0.1) is 0 Å². The number of amides is 2. The first-order chi connectivity index (χ1) is 9.15. The first-order valence-corrected chi connectivity index (χ1v) is 6.16. The molecule has 1 N–H and O–H groups in total. The van der Waals surface area contributed by atoms with Crippen molar-refractivity contribution in [2.75, 3.05) is 18.9 Å². The number of anilines is 1. The van der Waals surface area contributed by atoms with Gasteiger partial charge in [-0.2, -0.15) is 0 Å². The number of hydrogen-bond acceptors (Lipinski definition) is 3. The van der Waals surface area contributed by atoms with E-state index in [4.69, 9.17) is 0 Å². The molecule has 0 radical (unpaired) electrons. The van der Waals surface area contributed by atoms with Gasteiger partial charge < -0.3 is 10.2 Å². The largest absolute Gasteiger partial charge is 0.348 e. The van der Waals surface area contributed by atoms with Crippen molar-refractivity contribution in [2.45, 2.75) is 19.3 Å². The van der Waals surface area contributed by atoms with E-state index in [-0.39, 0.29) is 5.91 Å². The molecule has 2 amide bonds. The van der Waals surface area contributed by atoms with Crippen molar-refractivity contribution in [3.63, 3.8) is 0 Å². The van der Waals surface area contributed by atoms with Crippen LogP contribution in [0, 0.1) is 0 Å². The van der Waals surface area contributed by atoms with E-state index < -0.39 is 0 Å². The van der Waals surface area contributed by atoms with Crippen LogP contribution in [-0.4, -0.2) is 37.1 Å². The molecule has 0 aliphatic carbocycles. The van der Waals surface area contributed by atoms with Crippen molar-refractivity contribution in [2.24, 2.45) is 0 Å². The van der Waals surface area contributed by atoms with E-state index in [0.29, 0.717) is 24.2 Å². The molecule has 0 saturated heterocycles. The molecule has 19 heavy (non-hydrogen) atoms. The van der Waals surface area contributed by atoms with Crippen LogP contribution in [0.25, 0.3) is 0 Å². The summed E-state index contributed by atoms with van der Waals surface area (Å²) in [6.45, 7) is 0.658. The van der Waals surface area contributed by atoms with Crippen LogP contribution in [0.3, 0.4) is 0 Å². The van der Waals surface area contributed by atoms with E-state index in [9.17, 15) is 14.4 Å². The number of hydrogen-bond donors (Lipinski definition) is 1. The van der Waals surface area contributed by atoms with Crippen LogP contribution in [-0.2, 0) is 9.59 Å². The van der Waals surface area contributed by atoms with Crippen molar-refractivity contribution in [1.29, 1.82) is 0 Å². The Labute approximate surface area is 112 Å². The second kappa shape index (κ2) is 8.02. The molecular formula is C14H18N2O3. The van der Waals surface area contributed by atoms with E-state index in [1.807, 2.05) is 0 Å². The molecule has 5 nitrogen and oxygen atoms in total. The molecule has 0 heterocycles. The molecule has 0 saturated carbocycles. The second-order valence-electron chi connectivity index (χ2n) is 4.33. The molecule has 102 valence electrons. The lowest BCUT2D eigenvalue weighted by atomic mass is 10.2. The highest BCUT2D eigenvalue weighted by atomic mass is 16.1. The van der Waals surface area contributed by atoms with Crippen LogP contribution in [0.1, 0.15) is 29.6 Å². The monoisotopic (exact) mass is 262 g/mol. The zero-order valence-electron chi connectivity index (χ0n) is 11.0. The van der Waals surface area contributed by atoms with Crippen LogP contribution >= 0.6 is 0 Å². The molecule has 5 heteroatoms. The molecule has 1 rings (SSSR count). The summed E-state index contributed by atoms with van der Waals surface area (Å²) >= 11 is 0. The average Bonchev–Trinajstić information content (AvgIpc) is 2.44. The Kier molecular flexibility index (Phi) is 6.29. The molecule has 0 atom stereocenters. The Morgan fingerprint density at radius 1 is 1.21 bits per heavy atom. The van der Waals surface area contributed by atoms with Gasteiger partial charge in [-0.1, -0.05) is 0 Å². The SMILES string of the molecule is CN(C=O)CCCCC(=O)Nc1ccc(C=O)cc1. The molecule has 0 fully saturated rings. The maximum atomic E-state index is 11.6. The van der Waals surface area contributed by atoms with Gasteiger partial charge in [0, 0.05) is 31.3 Å². The summed E-state index contributed by atoms with van der Waals surface area (Å²) in [5.41, 5.74) is 1.26. The fourth-order valence-electron chi connectivity index (χ4n) is 1.57. The van der Waals surface area contributed by atoms with Gasteiger partial charge in [-0.15, -0.1) is 0 Å². The van der Waals surface area contributed by atoms with Crippen LogP contribution in [0.15, 0.2) is 24.3 Å². The van der Waals surface area contributed by atoms with Gasteiger partial charge in [-0.25, -0.2) is 0 Å². The van der Waals surface area contributed by atoms with Crippen molar-refractivity contribution in [3.05, 3.63) is 29.8 Å². The Hall–Kier alpha value is -2.17. The molecule has 0 aromatic heterocycles. The van der Waals surface area contributed by atoms with Crippen molar-refractivity contribution < 1.29 is 14.4 Å². The summed E-state index contributed by atoms with van der Waals surface area (Å²) in [5.74, 6) is -0.0624. The third-order valence-corrected chi connectivity index (χ3v) is 2.68. The van der Waals surface area contributed by atoms with Gasteiger partial charge in [-0.05, 0) is 37.1 Å². The van der Waals surface area contributed by atoms with Gasteiger partial charge in [-0.3, -0.25) is 14.4 Å². The first-order valence-electron chi connectivity index (χ1n) is 6.16. The van der Waals surface area contributed by atoms with Crippen molar-refractivity contribution in [1.82, 2.24) is 4.90 Å². The second-order valence-corrected chi connectivity index (χ2v) is 4.33. The van der Waals surface area contributed by atoms with Gasteiger partial charge in [0.15, 0.2) is 0 Å². The van der Waals surface area contributed by atoms with E-state index in [0.717, 1.165) is 25.5 Å². The van der Waals surface area contributed by atoms with Crippen LogP contribution in [0.4, 0.5) is 5.69 Å². The summed E-state index contributed by atoms with van der Waals surface area (Å²) in [6, 6.07) is 6.70. The highest BCUT2D eigenvalue weighted by Crippen LogP contribution is 2.09. The lowest BCUT2D eigenvalue weighted by Gasteiger charge is -2.09. The summed E-state index contributed by atoms with van der Waals surface area (Å²) in [7, 11) is 1.71. The maximum Gasteiger partial charge on any atom is 0.224 e. The summed E-state index contributed by atoms with van der Waals surface area (Å²) < 4.78 is 0. The summed E-state index contributed by atoms with van der Waals surface area (Å²) in [4.78, 5) is 34.0. The predicted molar refractivity (Wildman–Crippen MR) is 73.0 cm³/mol. The fraction of sp³-hybridized carbons (Fsp3) is 0.357. The van der Waals surface area contributed by atoms with Crippen LogP contribution < -0.4 is 5.32 Å². The molecule has 0 unspecified atom stereocenters. The third kappa shape index (κ3) is 5.81. The summed E-state index contributed by atoms with van der Waals surface area (Å²) in [6.07, 6.45) is 3.48. The number of carbonyl (C=O) groups excluding carboxylic acids is 3. The number of benzene rings is 1. The third-order valence-electron chi connectivity index (χ3n) is 2.68. The minimum atomic E-state index is -0.0624. The lowest BCUT2D eigenvalue weighted by molar-refractivity contribution is -0.117. The maximum absolute atomic E-state index is 11.6. The number of carbonyl (C=O) groups is 3. The van der Waals surface area contributed by atoms with Crippen LogP contribution in [0.2, 0.25) is 0 Å². The topological polar surface area (TPSA) is 66.5 Å². The van der Waals surface area contributed by atoms with E-state index in [1.165, 1.54) is 0 Å². The summed E-state index contributed by atoms with van der Waals surface area (Å²) in [5, 5.41) is 2.76. The zero-order chi connectivity index (χ0) is 14.1. The van der Waals surface area contributed by atoms with Crippen molar-refractivity contribution in [3.8, 4) is 0 Å². The van der Waals surface area contributed by atoms with Crippen molar-refractivity contribution >= 4 is 24.3 Å². The first kappa shape index (κ1) is 14.9. The zero-order valence-corrected chi connectivity index (χ0v) is 11.0. The molecular weight excluding hydrogens is 244 g/mol. The Bertz CT molecular complexity index is 429. The van der Waals surface area contributed by atoms with Gasteiger partial charge in [0.1, 0.15) is 6.29 Å². The number of aldehydes is 1. The van der Waals surface area contributed by atoms with Gasteiger partial charge >= 0.3 is 0 Å². The minimum Gasteiger partial charge on any atom is -0.348 e. The highest BCUT2D eigenvalue weighted by Gasteiger charge is 2.03. The number of nitrogens with one attached hydrogen (secondary N) is 1. The van der Waals surface area contributed by atoms with Gasteiger partial charge in [0.2, 0.25) is 12.3 Å². The predicted octanol–water partition coefficient (Wildman–Crippen LogP) is 1.70. The standard InChI is InChI=1S/C14H18N2O3/c1-16(11-18)9-3-2-4-14(19)15-13-7-5-12(10-17)6-8-13/h5-8,10-11H,2-4,9H2,1H3,(H,15,19). The molecule has 0 aliphatic rings. The fourth-order valence-corrected chi connectivity index (χ4v) is 1.57. The molecule has 1 aromatic rings. The van der Waals surface area contributed by atoms with Gasteiger partial charge in [0.25, 0.3) is 0 Å². The van der Waals surface area contributed by atoms with E-state index in [2.05, 4.69) is 5.32 Å². The Morgan fingerprint density at radius 3 is 2.47 bits per heavy atom. The van der Waals surface area contributed by atoms with Crippen LogP contribution in [0.5, 0.6) is 0 Å². The number of rotatable bonds is 8. The smallest absolute Gasteiger partial charge is 0.224 e. The lowest BCUT2D eigenvalue weighted by Crippen LogP contribution is -2.18. The Balaban J connectivity index is 2.26. The molecule has 1 aromatic carbocycles. The molecule has 0 spiro atoms.